The van der Waals surface area contributed by atoms with Gasteiger partial charge in [0.05, 0.1) is 0 Å². The molecule has 0 saturated carbocycles. The van der Waals surface area contributed by atoms with Crippen molar-refractivity contribution in [3.05, 3.63) is 46.3 Å². The summed E-state index contributed by atoms with van der Waals surface area (Å²) < 4.78 is 0. The highest BCUT2D eigenvalue weighted by Gasteiger charge is 2.19. The third-order valence-corrected chi connectivity index (χ3v) is 4.34. The van der Waals surface area contributed by atoms with Gasteiger partial charge < -0.3 is 5.73 Å². The molecule has 1 heterocycles. The number of aryl methyl sites for hydroxylation is 2. The van der Waals surface area contributed by atoms with Crippen molar-refractivity contribution >= 4 is 11.3 Å². The first-order valence-corrected chi connectivity index (χ1v) is 6.51. The quantitative estimate of drug-likeness (QED) is 0.793. The summed E-state index contributed by atoms with van der Waals surface area (Å²) in [5.74, 6) is 0. The Kier molecular flexibility index (Phi) is 2.34. The Hall–Kier alpha value is -1.12. The van der Waals surface area contributed by atoms with Crippen LogP contribution in [-0.4, -0.2) is 0 Å². The van der Waals surface area contributed by atoms with Gasteiger partial charge in [0, 0.05) is 15.8 Å². The molecule has 1 unspecified atom stereocenters. The summed E-state index contributed by atoms with van der Waals surface area (Å²) in [4.78, 5) is 2.73. The van der Waals surface area contributed by atoms with Gasteiger partial charge in [-0.25, -0.2) is 0 Å². The van der Waals surface area contributed by atoms with E-state index in [0.29, 0.717) is 0 Å². The first-order valence-electron chi connectivity index (χ1n) is 5.69. The van der Waals surface area contributed by atoms with Crippen molar-refractivity contribution in [2.24, 2.45) is 5.73 Å². The summed E-state index contributed by atoms with van der Waals surface area (Å²) in [5, 5.41) is 0. The standard InChI is InChI=1S/C14H15NS/c1-9-2-7-14(16-9)11-3-5-12-10(8-11)4-6-13(12)15/h2-3,5,7-8,13H,4,6,15H2,1H3. The predicted molar refractivity (Wildman–Crippen MR) is 69.7 cm³/mol. The molecular formula is C14H15NS. The summed E-state index contributed by atoms with van der Waals surface area (Å²) in [6.45, 7) is 2.15. The van der Waals surface area contributed by atoms with Crippen molar-refractivity contribution in [3.63, 3.8) is 0 Å². The van der Waals surface area contributed by atoms with Crippen LogP contribution in [0.5, 0.6) is 0 Å². The van der Waals surface area contributed by atoms with Crippen LogP contribution in [0.1, 0.15) is 28.5 Å². The molecule has 1 aliphatic rings. The fourth-order valence-electron chi connectivity index (χ4n) is 2.39. The van der Waals surface area contributed by atoms with E-state index in [-0.39, 0.29) is 6.04 Å². The van der Waals surface area contributed by atoms with Crippen molar-refractivity contribution in [2.75, 3.05) is 0 Å². The third kappa shape index (κ3) is 1.58. The highest BCUT2D eigenvalue weighted by atomic mass is 32.1. The van der Waals surface area contributed by atoms with Crippen molar-refractivity contribution in [1.82, 2.24) is 0 Å². The van der Waals surface area contributed by atoms with E-state index in [9.17, 15) is 0 Å². The van der Waals surface area contributed by atoms with Crippen molar-refractivity contribution < 1.29 is 0 Å². The minimum Gasteiger partial charge on any atom is -0.324 e. The molecule has 0 amide bonds. The Morgan fingerprint density at radius 1 is 1.25 bits per heavy atom. The van der Waals surface area contributed by atoms with Crippen LogP contribution in [0.4, 0.5) is 0 Å². The minimum atomic E-state index is 0.258. The molecule has 0 radical (unpaired) electrons. The second-order valence-corrected chi connectivity index (χ2v) is 5.76. The smallest absolute Gasteiger partial charge is 0.0345 e. The van der Waals surface area contributed by atoms with Crippen LogP contribution in [0, 0.1) is 6.92 Å². The Morgan fingerprint density at radius 2 is 2.12 bits per heavy atom. The topological polar surface area (TPSA) is 26.0 Å². The number of rotatable bonds is 1. The first-order chi connectivity index (χ1) is 7.74. The summed E-state index contributed by atoms with van der Waals surface area (Å²) >= 11 is 1.86. The highest BCUT2D eigenvalue weighted by molar-refractivity contribution is 7.15. The fraction of sp³-hybridized carbons (Fsp3) is 0.286. The van der Waals surface area contributed by atoms with E-state index >= 15 is 0 Å². The van der Waals surface area contributed by atoms with Crippen LogP contribution in [0.15, 0.2) is 30.3 Å². The van der Waals surface area contributed by atoms with Crippen LogP contribution in [0.2, 0.25) is 0 Å². The van der Waals surface area contributed by atoms with Gasteiger partial charge in [0.2, 0.25) is 0 Å². The Labute approximate surface area is 99.9 Å². The normalized spacial score (nSPS) is 18.8. The Bertz CT molecular complexity index is 527. The molecule has 0 bridgehead atoms. The molecule has 1 aromatic heterocycles. The molecule has 0 saturated heterocycles. The lowest BCUT2D eigenvalue weighted by molar-refractivity contribution is 0.713. The van der Waals surface area contributed by atoms with Crippen LogP contribution in [0.3, 0.4) is 0 Å². The minimum absolute atomic E-state index is 0.258. The highest BCUT2D eigenvalue weighted by Crippen LogP contribution is 2.34. The van der Waals surface area contributed by atoms with Crippen molar-refractivity contribution in [1.29, 1.82) is 0 Å². The van der Waals surface area contributed by atoms with Gasteiger partial charge in [0.25, 0.3) is 0 Å². The van der Waals surface area contributed by atoms with E-state index in [1.54, 1.807) is 0 Å². The van der Waals surface area contributed by atoms with Gasteiger partial charge in [-0.2, -0.15) is 0 Å². The molecule has 1 aromatic carbocycles. The van der Waals surface area contributed by atoms with Crippen LogP contribution in [-0.2, 0) is 6.42 Å². The molecule has 1 nitrogen and oxygen atoms in total. The maximum atomic E-state index is 6.04. The average molecular weight is 229 g/mol. The molecule has 82 valence electrons. The monoisotopic (exact) mass is 229 g/mol. The number of hydrogen-bond acceptors (Lipinski definition) is 2. The molecule has 1 aliphatic carbocycles. The summed E-state index contributed by atoms with van der Waals surface area (Å²) in [7, 11) is 0. The zero-order chi connectivity index (χ0) is 11.1. The lowest BCUT2D eigenvalue weighted by Gasteiger charge is -2.05. The molecule has 0 spiro atoms. The Morgan fingerprint density at radius 3 is 2.88 bits per heavy atom. The largest absolute Gasteiger partial charge is 0.324 e. The molecule has 0 fully saturated rings. The van der Waals surface area contributed by atoms with E-state index in [1.165, 1.54) is 26.4 Å². The second-order valence-electron chi connectivity index (χ2n) is 4.47. The fourth-order valence-corrected chi connectivity index (χ4v) is 3.26. The molecular weight excluding hydrogens is 214 g/mol. The summed E-state index contributed by atoms with van der Waals surface area (Å²) in [6, 6.07) is 11.4. The zero-order valence-corrected chi connectivity index (χ0v) is 10.2. The number of nitrogens with two attached hydrogens (primary N) is 1. The third-order valence-electron chi connectivity index (χ3n) is 3.29. The lowest BCUT2D eigenvalue weighted by Crippen LogP contribution is -2.04. The van der Waals surface area contributed by atoms with Crippen molar-refractivity contribution in [2.45, 2.75) is 25.8 Å². The SMILES string of the molecule is Cc1ccc(-c2ccc3c(c2)CCC3N)s1. The summed E-state index contributed by atoms with van der Waals surface area (Å²) in [6.07, 6.45) is 2.23. The van der Waals surface area contributed by atoms with E-state index in [2.05, 4.69) is 37.3 Å². The van der Waals surface area contributed by atoms with Gasteiger partial charge in [0.1, 0.15) is 0 Å². The van der Waals surface area contributed by atoms with Gasteiger partial charge in [-0.05, 0) is 48.6 Å². The van der Waals surface area contributed by atoms with E-state index < -0.39 is 0 Å². The van der Waals surface area contributed by atoms with Crippen LogP contribution >= 0.6 is 11.3 Å². The molecule has 1 atom stereocenters. The molecule has 3 rings (SSSR count). The van der Waals surface area contributed by atoms with Crippen LogP contribution in [0.25, 0.3) is 10.4 Å². The van der Waals surface area contributed by atoms with E-state index in [0.717, 1.165) is 12.8 Å². The van der Waals surface area contributed by atoms with Gasteiger partial charge in [-0.3, -0.25) is 0 Å². The average Bonchev–Trinajstić information content (AvgIpc) is 2.86. The van der Waals surface area contributed by atoms with Crippen molar-refractivity contribution in [3.8, 4) is 10.4 Å². The van der Waals surface area contributed by atoms with Gasteiger partial charge in [-0.15, -0.1) is 11.3 Å². The zero-order valence-electron chi connectivity index (χ0n) is 9.36. The Balaban J connectivity index is 2.05. The lowest BCUT2D eigenvalue weighted by atomic mass is 10.0. The summed E-state index contributed by atoms with van der Waals surface area (Å²) in [5.41, 5.74) is 10.2. The second kappa shape index (κ2) is 3.72. The molecule has 2 aromatic rings. The maximum Gasteiger partial charge on any atom is 0.0345 e. The van der Waals surface area contributed by atoms with Crippen LogP contribution < -0.4 is 5.73 Å². The molecule has 2 N–H and O–H groups in total. The molecule has 16 heavy (non-hydrogen) atoms. The predicted octanol–water partition coefficient (Wildman–Crippen LogP) is 3.67. The van der Waals surface area contributed by atoms with Gasteiger partial charge in [-0.1, -0.05) is 18.2 Å². The maximum absolute atomic E-state index is 6.04. The van der Waals surface area contributed by atoms with Gasteiger partial charge in [0.15, 0.2) is 0 Å². The number of hydrogen-bond donors (Lipinski definition) is 1. The number of thiophene rings is 1. The first kappa shape index (κ1) is 10.1. The van der Waals surface area contributed by atoms with E-state index in [4.69, 9.17) is 5.73 Å². The number of benzene rings is 1. The van der Waals surface area contributed by atoms with E-state index in [1.807, 2.05) is 11.3 Å². The molecule has 0 aliphatic heterocycles. The number of fused-ring (bicyclic) bond motifs is 1. The van der Waals surface area contributed by atoms with Gasteiger partial charge >= 0.3 is 0 Å². The molecule has 2 heteroatoms.